The summed E-state index contributed by atoms with van der Waals surface area (Å²) >= 11 is 0. The number of ether oxygens (including phenoxy) is 3. The van der Waals surface area contributed by atoms with Crippen LogP contribution >= 0.6 is 0 Å². The van der Waals surface area contributed by atoms with E-state index in [2.05, 4.69) is 118 Å². The molecule has 326 valence electrons. The molecular formula is C53H78O6. The third-order valence-electron chi connectivity index (χ3n) is 8.43. The highest BCUT2D eigenvalue weighted by Gasteiger charge is 2.19. The van der Waals surface area contributed by atoms with Gasteiger partial charge in [-0.15, -0.1) is 0 Å². The Morgan fingerprint density at radius 3 is 1.25 bits per heavy atom. The van der Waals surface area contributed by atoms with E-state index < -0.39 is 6.10 Å². The number of hydrogen-bond acceptors (Lipinski definition) is 6. The molecule has 0 spiro atoms. The van der Waals surface area contributed by atoms with Gasteiger partial charge in [-0.3, -0.25) is 14.4 Å². The fourth-order valence-corrected chi connectivity index (χ4v) is 5.16. The summed E-state index contributed by atoms with van der Waals surface area (Å²) < 4.78 is 16.5. The van der Waals surface area contributed by atoms with Crippen molar-refractivity contribution in [3.8, 4) is 0 Å². The van der Waals surface area contributed by atoms with E-state index in [0.717, 1.165) is 89.9 Å². The van der Waals surface area contributed by atoms with Gasteiger partial charge in [-0.25, -0.2) is 0 Å². The first-order chi connectivity index (χ1) is 29.0. The predicted molar refractivity (Wildman–Crippen MR) is 251 cm³/mol. The zero-order valence-electron chi connectivity index (χ0n) is 36.9. The topological polar surface area (TPSA) is 78.9 Å². The van der Waals surface area contributed by atoms with Gasteiger partial charge in [-0.2, -0.15) is 0 Å². The molecule has 0 fully saturated rings. The second kappa shape index (κ2) is 46.0. The Kier molecular flexibility index (Phi) is 42.3. The summed E-state index contributed by atoms with van der Waals surface area (Å²) in [5, 5.41) is 0. The van der Waals surface area contributed by atoms with E-state index in [1.165, 1.54) is 0 Å². The molecule has 0 N–H and O–H groups in total. The van der Waals surface area contributed by atoms with Gasteiger partial charge in [0.15, 0.2) is 6.10 Å². The molecule has 0 aromatic carbocycles. The largest absolute Gasteiger partial charge is 0.462 e. The van der Waals surface area contributed by atoms with Gasteiger partial charge in [0.2, 0.25) is 0 Å². The van der Waals surface area contributed by atoms with Crippen molar-refractivity contribution >= 4 is 17.9 Å². The van der Waals surface area contributed by atoms with Gasteiger partial charge in [0, 0.05) is 19.3 Å². The third kappa shape index (κ3) is 44.2. The maximum atomic E-state index is 12.7. The Labute approximate surface area is 359 Å². The van der Waals surface area contributed by atoms with Crippen molar-refractivity contribution in [1.29, 1.82) is 0 Å². The fourth-order valence-electron chi connectivity index (χ4n) is 5.16. The maximum absolute atomic E-state index is 12.7. The summed E-state index contributed by atoms with van der Waals surface area (Å²) in [6, 6.07) is 0. The van der Waals surface area contributed by atoms with Crippen LogP contribution in [0.25, 0.3) is 0 Å². The van der Waals surface area contributed by atoms with Crippen LogP contribution < -0.4 is 0 Å². The molecule has 0 aliphatic rings. The lowest BCUT2D eigenvalue weighted by molar-refractivity contribution is -0.166. The summed E-state index contributed by atoms with van der Waals surface area (Å²) in [7, 11) is 0. The number of unbranched alkanes of at least 4 members (excludes halogenated alkanes) is 5. The second-order valence-corrected chi connectivity index (χ2v) is 13.9. The van der Waals surface area contributed by atoms with Crippen LogP contribution in [0.15, 0.2) is 146 Å². The van der Waals surface area contributed by atoms with E-state index in [-0.39, 0.29) is 50.4 Å². The molecule has 0 saturated carbocycles. The van der Waals surface area contributed by atoms with Crippen LogP contribution in [0.3, 0.4) is 0 Å². The number of esters is 3. The zero-order valence-corrected chi connectivity index (χ0v) is 36.9. The molecular weight excluding hydrogens is 733 g/mol. The third-order valence-corrected chi connectivity index (χ3v) is 8.43. The van der Waals surface area contributed by atoms with Crippen molar-refractivity contribution in [2.75, 3.05) is 13.2 Å². The van der Waals surface area contributed by atoms with Gasteiger partial charge in [0.05, 0.1) is 0 Å². The molecule has 0 amide bonds. The summed E-state index contributed by atoms with van der Waals surface area (Å²) in [5.41, 5.74) is 0. The standard InChI is InChI=1S/C53H78O6/c1-4-7-10-13-16-19-21-23-24-25-26-27-28-30-31-34-37-40-43-46-52(55)58-49-50(48-57-51(54)45-42-39-36-33-18-15-12-9-6-3)59-53(56)47-44-41-38-35-32-29-22-20-17-14-11-8-5-2/h7-12,14,16-20,22-24,26-27,29-33,37,40,50H,4-6,13,15,21,25,28,34-36,38-39,41-49H2,1-3H3/b10-7-,11-8-,12-9-,17-14-,19-16-,22-20-,24-23-,27-26-,31-30-,32-29-,33-18-,40-37-. The lowest BCUT2D eigenvalue weighted by atomic mass is 10.1. The van der Waals surface area contributed by atoms with Gasteiger partial charge < -0.3 is 14.2 Å². The number of carbonyl (C=O) groups excluding carboxylic acids is 3. The van der Waals surface area contributed by atoms with E-state index in [9.17, 15) is 14.4 Å². The average molecular weight is 811 g/mol. The van der Waals surface area contributed by atoms with Crippen LogP contribution in [0.1, 0.15) is 149 Å². The predicted octanol–water partition coefficient (Wildman–Crippen LogP) is 14.5. The Morgan fingerprint density at radius 1 is 0.356 bits per heavy atom. The molecule has 59 heavy (non-hydrogen) atoms. The highest BCUT2D eigenvalue weighted by Crippen LogP contribution is 2.09. The number of rotatable bonds is 37. The van der Waals surface area contributed by atoms with Crippen LogP contribution in [0, 0.1) is 0 Å². The summed E-state index contributed by atoms with van der Waals surface area (Å²) in [6.45, 7) is 6.07. The fraction of sp³-hybridized carbons (Fsp3) is 0.491. The molecule has 0 radical (unpaired) electrons. The second-order valence-electron chi connectivity index (χ2n) is 13.9. The number of carbonyl (C=O) groups is 3. The van der Waals surface area contributed by atoms with Crippen LogP contribution in [0.2, 0.25) is 0 Å². The molecule has 0 heterocycles. The minimum absolute atomic E-state index is 0.142. The van der Waals surface area contributed by atoms with Crippen molar-refractivity contribution in [1.82, 2.24) is 0 Å². The van der Waals surface area contributed by atoms with Crippen LogP contribution in [-0.4, -0.2) is 37.2 Å². The van der Waals surface area contributed by atoms with Crippen molar-refractivity contribution in [3.05, 3.63) is 146 Å². The normalized spacial score (nSPS) is 13.5. The van der Waals surface area contributed by atoms with Crippen LogP contribution in [0.4, 0.5) is 0 Å². The van der Waals surface area contributed by atoms with E-state index in [0.29, 0.717) is 19.3 Å². The Bertz CT molecular complexity index is 1390. The molecule has 0 rings (SSSR count). The zero-order chi connectivity index (χ0) is 43.0. The van der Waals surface area contributed by atoms with Gasteiger partial charge in [0.1, 0.15) is 13.2 Å². The molecule has 6 nitrogen and oxygen atoms in total. The first-order valence-corrected chi connectivity index (χ1v) is 22.4. The van der Waals surface area contributed by atoms with Gasteiger partial charge in [0.25, 0.3) is 0 Å². The summed E-state index contributed by atoms with van der Waals surface area (Å²) in [4.78, 5) is 37.6. The van der Waals surface area contributed by atoms with E-state index in [4.69, 9.17) is 14.2 Å². The molecule has 0 aromatic rings. The number of allylic oxidation sites excluding steroid dienone is 24. The Balaban J connectivity index is 4.59. The lowest BCUT2D eigenvalue weighted by Crippen LogP contribution is -2.30. The minimum Gasteiger partial charge on any atom is -0.462 e. The summed E-state index contributed by atoms with van der Waals surface area (Å²) in [6.07, 6.45) is 65.7. The Hall–Kier alpha value is -4.71. The first kappa shape index (κ1) is 54.3. The van der Waals surface area contributed by atoms with E-state index in [1.807, 2.05) is 48.6 Å². The average Bonchev–Trinajstić information content (AvgIpc) is 3.23. The first-order valence-electron chi connectivity index (χ1n) is 22.4. The van der Waals surface area contributed by atoms with Gasteiger partial charge in [-0.1, -0.05) is 173 Å². The highest BCUT2D eigenvalue weighted by atomic mass is 16.6. The van der Waals surface area contributed by atoms with Crippen molar-refractivity contribution in [2.24, 2.45) is 0 Å². The lowest BCUT2D eigenvalue weighted by Gasteiger charge is -2.18. The number of hydrogen-bond donors (Lipinski definition) is 0. The molecule has 6 heteroatoms. The molecule has 0 aliphatic heterocycles. The molecule has 0 saturated heterocycles. The van der Waals surface area contributed by atoms with E-state index in [1.54, 1.807) is 0 Å². The molecule has 0 bridgehead atoms. The van der Waals surface area contributed by atoms with Crippen LogP contribution in [-0.2, 0) is 28.6 Å². The molecule has 1 atom stereocenters. The van der Waals surface area contributed by atoms with Crippen molar-refractivity contribution < 1.29 is 28.6 Å². The van der Waals surface area contributed by atoms with Crippen LogP contribution in [0.5, 0.6) is 0 Å². The highest BCUT2D eigenvalue weighted by molar-refractivity contribution is 5.71. The Morgan fingerprint density at radius 2 is 0.729 bits per heavy atom. The smallest absolute Gasteiger partial charge is 0.306 e. The molecule has 1 unspecified atom stereocenters. The SMILES string of the molecule is CC\C=C/C=C\C=C/C=C\CCCCCC(=O)OC(COC(=O)CC/C=C\C/C=C\C/C=C\C/C=C\C/C=C\C/C=C\CC)COC(=O)CCCC/C=C\C/C=C\CC. The van der Waals surface area contributed by atoms with E-state index >= 15 is 0 Å². The van der Waals surface area contributed by atoms with Gasteiger partial charge in [-0.05, 0) is 103 Å². The van der Waals surface area contributed by atoms with Gasteiger partial charge >= 0.3 is 17.9 Å². The van der Waals surface area contributed by atoms with Crippen molar-refractivity contribution in [2.45, 2.75) is 155 Å². The van der Waals surface area contributed by atoms with Crippen molar-refractivity contribution in [3.63, 3.8) is 0 Å². The molecule has 0 aromatic heterocycles. The minimum atomic E-state index is -0.846. The monoisotopic (exact) mass is 811 g/mol. The maximum Gasteiger partial charge on any atom is 0.306 e. The molecule has 0 aliphatic carbocycles. The quantitative estimate of drug-likeness (QED) is 0.0204. The summed E-state index contributed by atoms with van der Waals surface area (Å²) in [5.74, 6) is -1.12.